The minimum atomic E-state index is -4.68. The van der Waals surface area contributed by atoms with Gasteiger partial charge in [0.2, 0.25) is 0 Å². The summed E-state index contributed by atoms with van der Waals surface area (Å²) in [5.41, 5.74) is -0.318. The molecular formula is C22H20Cl2F4N4. The zero-order valence-corrected chi connectivity index (χ0v) is 19.2. The molecule has 0 saturated carbocycles. The van der Waals surface area contributed by atoms with Gasteiger partial charge in [-0.05, 0) is 23.8 Å². The third kappa shape index (κ3) is 4.09. The molecule has 0 atom stereocenters. The maximum atomic E-state index is 14.3. The lowest BCUT2D eigenvalue weighted by Gasteiger charge is -2.15. The summed E-state index contributed by atoms with van der Waals surface area (Å²) in [6, 6.07) is 8.05. The molecule has 170 valence electrons. The Bertz CT molecular complexity index is 1300. The molecule has 0 amide bonds. The lowest BCUT2D eigenvalue weighted by atomic mass is 9.92. The van der Waals surface area contributed by atoms with Gasteiger partial charge in [0, 0.05) is 18.0 Å². The second kappa shape index (κ2) is 8.08. The molecule has 0 aliphatic carbocycles. The van der Waals surface area contributed by atoms with Gasteiger partial charge < -0.3 is 4.98 Å². The normalized spacial score (nSPS) is 12.3. The van der Waals surface area contributed by atoms with Crippen LogP contribution < -0.4 is 0 Å². The Morgan fingerprint density at radius 1 is 1.06 bits per heavy atom. The minimum absolute atomic E-state index is 0. The number of H-pyrrole nitrogens is 1. The van der Waals surface area contributed by atoms with Crippen LogP contribution in [0.25, 0.3) is 33.7 Å². The van der Waals surface area contributed by atoms with Crippen LogP contribution in [-0.2, 0) is 18.6 Å². The number of fused-ring (bicyclic) bond motifs is 1. The van der Waals surface area contributed by atoms with Crippen molar-refractivity contribution in [1.82, 2.24) is 19.7 Å². The first-order valence-corrected chi connectivity index (χ1v) is 9.85. The van der Waals surface area contributed by atoms with Crippen molar-refractivity contribution < 1.29 is 17.6 Å². The molecule has 32 heavy (non-hydrogen) atoms. The number of halogens is 6. The number of aromatic amines is 1. The fourth-order valence-electron chi connectivity index (χ4n) is 3.53. The van der Waals surface area contributed by atoms with E-state index in [0.29, 0.717) is 16.4 Å². The molecule has 2 heterocycles. The molecule has 4 rings (SSSR count). The summed E-state index contributed by atoms with van der Waals surface area (Å²) < 4.78 is 57.3. The first-order chi connectivity index (χ1) is 14.4. The van der Waals surface area contributed by atoms with Crippen LogP contribution in [0.15, 0.2) is 36.4 Å². The van der Waals surface area contributed by atoms with E-state index in [1.807, 2.05) is 20.8 Å². The predicted octanol–water partition coefficient (Wildman–Crippen LogP) is 7.16. The first-order valence-electron chi connectivity index (χ1n) is 9.47. The van der Waals surface area contributed by atoms with E-state index in [4.69, 9.17) is 11.6 Å². The van der Waals surface area contributed by atoms with Gasteiger partial charge in [-0.1, -0.05) is 50.6 Å². The maximum Gasteiger partial charge on any atom is 0.418 e. The Hall–Kier alpha value is -2.58. The summed E-state index contributed by atoms with van der Waals surface area (Å²) in [6.07, 6.45) is -4.68. The Balaban J connectivity index is 0.00000289. The molecule has 2 aromatic heterocycles. The monoisotopic (exact) mass is 486 g/mol. The zero-order chi connectivity index (χ0) is 22.7. The molecule has 4 aromatic rings. The van der Waals surface area contributed by atoms with Gasteiger partial charge in [-0.3, -0.25) is 4.68 Å². The highest BCUT2D eigenvalue weighted by atomic mass is 35.5. The van der Waals surface area contributed by atoms with Crippen LogP contribution >= 0.6 is 24.0 Å². The van der Waals surface area contributed by atoms with E-state index in [2.05, 4.69) is 15.1 Å². The minimum Gasteiger partial charge on any atom is -0.337 e. The molecule has 0 saturated heterocycles. The largest absolute Gasteiger partial charge is 0.418 e. The van der Waals surface area contributed by atoms with E-state index in [1.54, 1.807) is 13.1 Å². The van der Waals surface area contributed by atoms with E-state index in [9.17, 15) is 17.6 Å². The summed E-state index contributed by atoms with van der Waals surface area (Å²) in [6.45, 7) is 5.81. The second-order valence-electron chi connectivity index (χ2n) is 8.37. The van der Waals surface area contributed by atoms with Crippen LogP contribution in [0.1, 0.15) is 32.0 Å². The van der Waals surface area contributed by atoms with Gasteiger partial charge >= 0.3 is 6.18 Å². The van der Waals surface area contributed by atoms with Gasteiger partial charge in [-0.25, -0.2) is 9.37 Å². The van der Waals surface area contributed by atoms with Gasteiger partial charge in [0.25, 0.3) is 0 Å². The van der Waals surface area contributed by atoms with E-state index >= 15 is 0 Å². The maximum absolute atomic E-state index is 14.3. The van der Waals surface area contributed by atoms with Crippen LogP contribution in [0.3, 0.4) is 0 Å². The number of rotatable bonds is 2. The van der Waals surface area contributed by atoms with Gasteiger partial charge in [0.15, 0.2) is 5.82 Å². The Kier molecular flexibility index (Phi) is 6.08. The van der Waals surface area contributed by atoms with Crippen molar-refractivity contribution >= 4 is 35.0 Å². The van der Waals surface area contributed by atoms with Crippen LogP contribution in [0.2, 0.25) is 5.02 Å². The lowest BCUT2D eigenvalue weighted by molar-refractivity contribution is -0.136. The summed E-state index contributed by atoms with van der Waals surface area (Å²) in [5, 5.41) is 4.75. The van der Waals surface area contributed by atoms with Crippen molar-refractivity contribution in [1.29, 1.82) is 0 Å². The van der Waals surface area contributed by atoms with Gasteiger partial charge in [-0.15, -0.1) is 12.4 Å². The third-order valence-corrected chi connectivity index (χ3v) is 5.36. The third-order valence-electron chi connectivity index (χ3n) is 5.00. The molecule has 10 heteroatoms. The standard InChI is InChI=1S/C22H19ClF4N4.ClH/c1-21(2,3)19-16(23)18(31(4)30-19)20-28-15-10-11(12-7-5-6-8-14(12)24)9-13(17(15)29-20)22(25,26)27;/h5-10H,1-4H3,(H,28,29);1H. The first kappa shape index (κ1) is 24.1. The fraction of sp³-hybridized carbons (Fsp3) is 0.273. The van der Waals surface area contributed by atoms with Crippen molar-refractivity contribution in [3.8, 4) is 22.6 Å². The molecule has 1 N–H and O–H groups in total. The zero-order valence-electron chi connectivity index (χ0n) is 17.6. The van der Waals surface area contributed by atoms with E-state index in [0.717, 1.165) is 6.07 Å². The highest BCUT2D eigenvalue weighted by Crippen LogP contribution is 2.40. The summed E-state index contributed by atoms with van der Waals surface area (Å²) in [4.78, 5) is 7.13. The predicted molar refractivity (Wildman–Crippen MR) is 120 cm³/mol. The Labute approximate surface area is 193 Å². The summed E-state index contributed by atoms with van der Waals surface area (Å²) in [5.74, 6) is -0.458. The van der Waals surface area contributed by atoms with E-state index in [-0.39, 0.29) is 45.8 Å². The van der Waals surface area contributed by atoms with Crippen molar-refractivity contribution in [3.63, 3.8) is 0 Å². The number of hydrogen-bond donors (Lipinski definition) is 1. The van der Waals surface area contributed by atoms with Crippen molar-refractivity contribution in [2.24, 2.45) is 7.05 Å². The number of nitrogens with zero attached hydrogens (tertiary/aromatic N) is 3. The second-order valence-corrected chi connectivity index (χ2v) is 8.75. The number of aryl methyl sites for hydroxylation is 1. The summed E-state index contributed by atoms with van der Waals surface area (Å²) >= 11 is 6.54. The molecule has 4 nitrogen and oxygen atoms in total. The number of imidazole rings is 1. The highest BCUT2D eigenvalue weighted by molar-refractivity contribution is 6.33. The Morgan fingerprint density at radius 2 is 1.72 bits per heavy atom. The number of hydrogen-bond acceptors (Lipinski definition) is 2. The van der Waals surface area contributed by atoms with Crippen LogP contribution in [-0.4, -0.2) is 19.7 Å². The summed E-state index contributed by atoms with van der Waals surface area (Å²) in [7, 11) is 1.65. The molecule has 0 fully saturated rings. The SMILES string of the molecule is Cl.Cn1nc(C(C)(C)C)c(Cl)c1-c1nc2c(C(F)(F)F)cc(-c3ccccc3F)cc2[nH]1. The van der Waals surface area contributed by atoms with Crippen LogP contribution in [0.5, 0.6) is 0 Å². The smallest absolute Gasteiger partial charge is 0.337 e. The number of aromatic nitrogens is 4. The van der Waals surface area contributed by atoms with E-state index in [1.165, 1.54) is 28.9 Å². The number of benzene rings is 2. The molecule has 0 radical (unpaired) electrons. The number of nitrogens with one attached hydrogen (secondary N) is 1. The lowest BCUT2D eigenvalue weighted by Crippen LogP contribution is -2.12. The highest BCUT2D eigenvalue weighted by Gasteiger charge is 2.35. The van der Waals surface area contributed by atoms with Crippen LogP contribution in [0, 0.1) is 5.82 Å². The van der Waals surface area contributed by atoms with Crippen LogP contribution in [0.4, 0.5) is 17.6 Å². The van der Waals surface area contributed by atoms with Gasteiger partial charge in [0.1, 0.15) is 17.0 Å². The average molecular weight is 487 g/mol. The molecule has 0 unspecified atom stereocenters. The van der Waals surface area contributed by atoms with Crippen molar-refractivity contribution in [2.75, 3.05) is 0 Å². The Morgan fingerprint density at radius 3 is 2.28 bits per heavy atom. The van der Waals surface area contributed by atoms with E-state index < -0.39 is 17.6 Å². The fourth-order valence-corrected chi connectivity index (χ4v) is 4.06. The molecular weight excluding hydrogens is 467 g/mol. The van der Waals surface area contributed by atoms with Crippen molar-refractivity contribution in [2.45, 2.75) is 32.4 Å². The topological polar surface area (TPSA) is 46.5 Å². The molecule has 0 bridgehead atoms. The quantitative estimate of drug-likeness (QED) is 0.305. The molecule has 0 spiro atoms. The average Bonchev–Trinajstić information content (AvgIpc) is 3.20. The van der Waals surface area contributed by atoms with Crippen molar-refractivity contribution in [3.05, 3.63) is 58.5 Å². The molecule has 0 aliphatic rings. The van der Waals surface area contributed by atoms with Gasteiger partial charge in [-0.2, -0.15) is 18.3 Å². The van der Waals surface area contributed by atoms with Gasteiger partial charge in [0.05, 0.1) is 21.8 Å². The molecule has 2 aromatic carbocycles. The molecule has 0 aliphatic heterocycles. The number of alkyl halides is 3.